The Balaban J connectivity index is 0.00000380. The van der Waals surface area contributed by atoms with Gasteiger partial charge >= 0.3 is 29.6 Å². The fourth-order valence-electron chi connectivity index (χ4n) is 4.56. The Labute approximate surface area is 238 Å². The summed E-state index contributed by atoms with van der Waals surface area (Å²) in [7, 11) is 0. The van der Waals surface area contributed by atoms with Crippen molar-refractivity contribution < 1.29 is 57.7 Å². The number of carboxylic acids is 1. The Kier molecular flexibility index (Phi) is 9.53. The molecule has 1 atom stereocenters. The summed E-state index contributed by atoms with van der Waals surface area (Å²) in [5, 5.41) is 19.8. The van der Waals surface area contributed by atoms with E-state index in [0.29, 0.717) is 29.1 Å². The topological polar surface area (TPSA) is 109 Å². The predicted octanol–water partition coefficient (Wildman–Crippen LogP) is 2.06. The molecule has 37 heavy (non-hydrogen) atoms. The Bertz CT molecular complexity index is 1260. The molecular formula is C28H32FN2NaO5. The molecule has 2 aromatic heterocycles. The number of ketones is 1. The van der Waals surface area contributed by atoms with Crippen LogP contribution in [0.3, 0.4) is 0 Å². The number of aromatic nitrogens is 2. The average molecular weight is 519 g/mol. The van der Waals surface area contributed by atoms with Crippen molar-refractivity contribution in [3.05, 3.63) is 58.2 Å². The van der Waals surface area contributed by atoms with Crippen LogP contribution in [0.25, 0.3) is 11.5 Å². The summed E-state index contributed by atoms with van der Waals surface area (Å²) in [4.78, 5) is 24.2. The molecule has 4 rings (SSSR count). The Morgan fingerprint density at radius 2 is 1.89 bits per heavy atom. The fourth-order valence-corrected chi connectivity index (χ4v) is 4.56. The number of carboxylic acid groups (broad SMARTS) is 1. The zero-order valence-electron chi connectivity index (χ0n) is 22.2. The molecule has 192 valence electrons. The van der Waals surface area contributed by atoms with Gasteiger partial charge in [0.1, 0.15) is 17.4 Å². The Hall–Kier alpha value is -2.29. The third-order valence-electron chi connectivity index (χ3n) is 6.39. The SMILES string of the molecule is Cc1ccc(CC(=O)C[C@H](CCC(=O)[O-])c2noc(-c3cc(CC(C)(C)C)on3)c2C2CC2)c(F)c1.[Na+]. The van der Waals surface area contributed by atoms with Crippen molar-refractivity contribution in [1.82, 2.24) is 10.3 Å². The van der Waals surface area contributed by atoms with Gasteiger partial charge in [-0.1, -0.05) is 43.2 Å². The minimum absolute atomic E-state index is 0. The number of carbonyl (C=O) groups is 2. The van der Waals surface area contributed by atoms with Crippen LogP contribution in [0.15, 0.2) is 33.3 Å². The van der Waals surface area contributed by atoms with Crippen LogP contribution < -0.4 is 34.7 Å². The number of Topliss-reactive ketones (excluding diaryl/α,β-unsaturated/α-hetero) is 1. The number of hydrogen-bond acceptors (Lipinski definition) is 7. The summed E-state index contributed by atoms with van der Waals surface area (Å²) in [6.07, 6.45) is 2.51. The standard InChI is InChI=1S/C28H33FN2O5.Na/c1-16-5-6-18(22(29)11-16)12-20(32)13-19(9-10-24(33)34)26-25(17-7-8-17)27(36-31-26)23-14-21(35-30-23)15-28(2,3)4;/h5-6,11,14,17,19H,7-10,12-13,15H2,1-4H3,(H,33,34);/q;+1/p-1/t19-;/m0./s1. The number of benzene rings is 1. The number of aryl methyl sites for hydroxylation is 1. The predicted molar refractivity (Wildman–Crippen MR) is 129 cm³/mol. The third kappa shape index (κ3) is 7.85. The second-order valence-corrected chi connectivity index (χ2v) is 11.1. The molecule has 1 aromatic carbocycles. The van der Waals surface area contributed by atoms with E-state index in [1.165, 1.54) is 6.07 Å². The maximum Gasteiger partial charge on any atom is 1.00 e. The van der Waals surface area contributed by atoms with Crippen molar-refractivity contribution in [2.45, 2.75) is 84.5 Å². The molecule has 0 amide bonds. The number of nitrogens with zero attached hydrogens (tertiary/aromatic N) is 2. The molecule has 0 spiro atoms. The fraction of sp³-hybridized carbons (Fsp3) is 0.500. The van der Waals surface area contributed by atoms with Gasteiger partial charge in [0.15, 0.2) is 11.5 Å². The zero-order chi connectivity index (χ0) is 26.0. The van der Waals surface area contributed by atoms with E-state index in [2.05, 4.69) is 31.1 Å². The molecule has 3 aromatic rings. The smallest absolute Gasteiger partial charge is 0.550 e. The maximum atomic E-state index is 14.3. The molecule has 0 saturated heterocycles. The number of hydrogen-bond donors (Lipinski definition) is 0. The third-order valence-corrected chi connectivity index (χ3v) is 6.39. The monoisotopic (exact) mass is 518 g/mol. The number of aliphatic carboxylic acids is 1. The summed E-state index contributed by atoms with van der Waals surface area (Å²) in [6.45, 7) is 8.11. The van der Waals surface area contributed by atoms with Crippen LogP contribution in [-0.4, -0.2) is 22.1 Å². The van der Waals surface area contributed by atoms with Gasteiger partial charge < -0.3 is 18.9 Å². The summed E-state index contributed by atoms with van der Waals surface area (Å²) >= 11 is 0. The molecule has 0 unspecified atom stereocenters. The van der Waals surface area contributed by atoms with Crippen molar-refractivity contribution in [2.24, 2.45) is 5.41 Å². The first-order valence-corrected chi connectivity index (χ1v) is 12.4. The molecule has 9 heteroatoms. The van der Waals surface area contributed by atoms with E-state index in [9.17, 15) is 19.1 Å². The number of rotatable bonds is 11. The first-order valence-electron chi connectivity index (χ1n) is 12.4. The van der Waals surface area contributed by atoms with Crippen LogP contribution in [0.4, 0.5) is 4.39 Å². The van der Waals surface area contributed by atoms with Crippen molar-refractivity contribution in [1.29, 1.82) is 0 Å². The van der Waals surface area contributed by atoms with Gasteiger partial charge in [-0.15, -0.1) is 0 Å². The molecule has 7 nitrogen and oxygen atoms in total. The minimum Gasteiger partial charge on any atom is -0.550 e. The van der Waals surface area contributed by atoms with Gasteiger partial charge in [0, 0.05) is 42.8 Å². The zero-order valence-corrected chi connectivity index (χ0v) is 24.2. The summed E-state index contributed by atoms with van der Waals surface area (Å²) in [5.41, 5.74) is 3.10. The quantitative estimate of drug-likeness (QED) is 0.358. The van der Waals surface area contributed by atoms with Crippen LogP contribution >= 0.6 is 0 Å². The maximum absolute atomic E-state index is 14.3. The van der Waals surface area contributed by atoms with E-state index in [1.807, 2.05) is 6.07 Å². The van der Waals surface area contributed by atoms with E-state index in [1.54, 1.807) is 19.1 Å². The Morgan fingerprint density at radius 1 is 1.16 bits per heavy atom. The molecule has 2 heterocycles. The largest absolute Gasteiger partial charge is 1.00 e. The molecule has 0 N–H and O–H groups in total. The van der Waals surface area contributed by atoms with Gasteiger partial charge in [-0.3, -0.25) is 4.79 Å². The van der Waals surface area contributed by atoms with Crippen LogP contribution in [0.5, 0.6) is 0 Å². The van der Waals surface area contributed by atoms with Gasteiger partial charge in [-0.25, -0.2) is 4.39 Å². The molecule has 0 radical (unpaired) electrons. The van der Waals surface area contributed by atoms with Gasteiger partial charge in [-0.05, 0) is 61.1 Å². The van der Waals surface area contributed by atoms with E-state index >= 15 is 0 Å². The molecule has 0 bridgehead atoms. The first kappa shape index (κ1) is 29.3. The van der Waals surface area contributed by atoms with Crippen LogP contribution in [0.1, 0.15) is 92.9 Å². The summed E-state index contributed by atoms with van der Waals surface area (Å²) in [5.74, 6) is -0.850. The van der Waals surface area contributed by atoms with Crippen LogP contribution in [0, 0.1) is 18.2 Å². The minimum atomic E-state index is -1.20. The van der Waals surface area contributed by atoms with E-state index < -0.39 is 17.7 Å². The average Bonchev–Trinajstić information content (AvgIpc) is 3.35. The van der Waals surface area contributed by atoms with Gasteiger partial charge in [0.2, 0.25) is 0 Å². The number of carbonyl (C=O) groups excluding carboxylic acids is 2. The number of halogens is 1. The van der Waals surface area contributed by atoms with E-state index in [0.717, 1.165) is 29.7 Å². The van der Waals surface area contributed by atoms with Crippen molar-refractivity contribution >= 4 is 11.8 Å². The van der Waals surface area contributed by atoms with Crippen LogP contribution in [-0.2, 0) is 22.4 Å². The molecule has 1 aliphatic rings. The Morgan fingerprint density at radius 3 is 2.51 bits per heavy atom. The molecule has 1 fully saturated rings. The van der Waals surface area contributed by atoms with Gasteiger partial charge in [0.05, 0.1) is 5.69 Å². The normalized spacial score (nSPS) is 14.3. The first-order chi connectivity index (χ1) is 17.0. The summed E-state index contributed by atoms with van der Waals surface area (Å²) < 4.78 is 25.6. The molecule has 1 saturated carbocycles. The van der Waals surface area contributed by atoms with Crippen molar-refractivity contribution in [3.8, 4) is 11.5 Å². The van der Waals surface area contributed by atoms with Crippen LogP contribution in [0.2, 0.25) is 0 Å². The second-order valence-electron chi connectivity index (χ2n) is 11.1. The van der Waals surface area contributed by atoms with E-state index in [-0.39, 0.29) is 72.4 Å². The van der Waals surface area contributed by atoms with Gasteiger partial charge in [0.25, 0.3) is 0 Å². The second kappa shape index (κ2) is 12.0. The molecule has 0 aliphatic heterocycles. The van der Waals surface area contributed by atoms with E-state index in [4.69, 9.17) is 9.05 Å². The van der Waals surface area contributed by atoms with Crippen molar-refractivity contribution in [3.63, 3.8) is 0 Å². The summed E-state index contributed by atoms with van der Waals surface area (Å²) in [6, 6.07) is 6.63. The molecule has 1 aliphatic carbocycles. The van der Waals surface area contributed by atoms with Crippen molar-refractivity contribution in [2.75, 3.05) is 0 Å². The van der Waals surface area contributed by atoms with Gasteiger partial charge in [-0.2, -0.15) is 0 Å². The molecular weight excluding hydrogens is 486 g/mol.